The normalized spacial score (nSPS) is 17.0. The van der Waals surface area contributed by atoms with Crippen LogP contribution in [-0.2, 0) is 11.3 Å². The van der Waals surface area contributed by atoms with Crippen LogP contribution in [0.5, 0.6) is 0 Å². The van der Waals surface area contributed by atoms with Gasteiger partial charge in [0.1, 0.15) is 6.54 Å². The molecule has 3 rings (SSSR count). The molecule has 0 amide bonds. The maximum Gasteiger partial charge on any atom is 0.216 e. The second-order valence-electron chi connectivity index (χ2n) is 6.20. The minimum absolute atomic E-state index is 0. The van der Waals surface area contributed by atoms with E-state index in [4.69, 9.17) is 9.15 Å². The van der Waals surface area contributed by atoms with Crippen molar-refractivity contribution < 1.29 is 9.15 Å². The van der Waals surface area contributed by atoms with E-state index in [0.29, 0.717) is 12.4 Å². The average molecular weight is 470 g/mol. The van der Waals surface area contributed by atoms with Crippen LogP contribution in [0.25, 0.3) is 11.3 Å². The highest BCUT2D eigenvalue weighted by atomic mass is 127. The molecule has 0 spiro atoms. The summed E-state index contributed by atoms with van der Waals surface area (Å²) in [5, 5.41) is 6.56. The summed E-state index contributed by atoms with van der Waals surface area (Å²) in [5.41, 5.74) is 2.25. The van der Waals surface area contributed by atoms with E-state index in [1.54, 1.807) is 6.20 Å². The molecule has 0 aliphatic carbocycles. The van der Waals surface area contributed by atoms with Crippen molar-refractivity contribution in [3.8, 4) is 11.3 Å². The van der Waals surface area contributed by atoms with E-state index in [-0.39, 0.29) is 30.1 Å². The molecule has 2 heterocycles. The highest BCUT2D eigenvalue weighted by Crippen LogP contribution is 2.21. The molecule has 1 aromatic carbocycles. The van der Waals surface area contributed by atoms with Gasteiger partial charge >= 0.3 is 0 Å². The first-order valence-corrected chi connectivity index (χ1v) is 8.90. The molecule has 1 aromatic heterocycles. The molecule has 0 radical (unpaired) electrons. The largest absolute Gasteiger partial charge is 0.439 e. The molecule has 1 aliphatic rings. The number of nitrogens with zero attached hydrogens (tertiary/aromatic N) is 2. The second kappa shape index (κ2) is 10.5. The number of aryl methyl sites for hydroxylation is 1. The Kier molecular flexibility index (Phi) is 8.37. The van der Waals surface area contributed by atoms with Crippen LogP contribution in [0, 0.1) is 6.92 Å². The predicted molar refractivity (Wildman–Crippen MR) is 114 cm³/mol. The Labute approximate surface area is 171 Å². The zero-order valence-corrected chi connectivity index (χ0v) is 17.7. The van der Waals surface area contributed by atoms with Gasteiger partial charge in [-0.25, -0.2) is 9.98 Å². The van der Waals surface area contributed by atoms with Crippen molar-refractivity contribution in [2.45, 2.75) is 39.3 Å². The van der Waals surface area contributed by atoms with E-state index in [1.807, 2.05) is 19.1 Å². The Morgan fingerprint density at radius 2 is 2.08 bits per heavy atom. The molecule has 26 heavy (non-hydrogen) atoms. The van der Waals surface area contributed by atoms with Gasteiger partial charge in [-0.3, -0.25) is 0 Å². The van der Waals surface area contributed by atoms with E-state index in [0.717, 1.165) is 49.8 Å². The number of hydrogen-bond donors (Lipinski definition) is 2. The third-order valence-corrected chi connectivity index (χ3v) is 4.13. The third kappa shape index (κ3) is 5.98. The van der Waals surface area contributed by atoms with Crippen LogP contribution in [-0.4, -0.2) is 36.7 Å². The molecular formula is C19H27IN4O2. The molecule has 1 aliphatic heterocycles. The van der Waals surface area contributed by atoms with E-state index >= 15 is 0 Å². The number of aromatic nitrogens is 1. The van der Waals surface area contributed by atoms with Crippen molar-refractivity contribution in [1.82, 2.24) is 15.6 Å². The van der Waals surface area contributed by atoms with E-state index in [9.17, 15) is 0 Å². The molecule has 7 heteroatoms. The summed E-state index contributed by atoms with van der Waals surface area (Å²) in [5.74, 6) is 2.13. The maximum atomic E-state index is 5.82. The summed E-state index contributed by atoms with van der Waals surface area (Å²) >= 11 is 0. The number of benzene rings is 1. The van der Waals surface area contributed by atoms with E-state index in [2.05, 4.69) is 39.7 Å². The lowest BCUT2D eigenvalue weighted by Gasteiger charge is -2.14. The first-order valence-electron chi connectivity index (χ1n) is 8.90. The highest BCUT2D eigenvalue weighted by Gasteiger charge is 2.15. The Balaban J connectivity index is 0.00000243. The molecule has 0 bridgehead atoms. The molecule has 1 atom stereocenters. The number of oxazole rings is 1. The van der Waals surface area contributed by atoms with Gasteiger partial charge < -0.3 is 19.8 Å². The van der Waals surface area contributed by atoms with Crippen LogP contribution in [0.1, 0.15) is 31.2 Å². The average Bonchev–Trinajstić information content (AvgIpc) is 3.30. The Morgan fingerprint density at radius 1 is 1.27 bits per heavy atom. The van der Waals surface area contributed by atoms with E-state index in [1.165, 1.54) is 5.56 Å². The van der Waals surface area contributed by atoms with Crippen LogP contribution in [0.2, 0.25) is 0 Å². The van der Waals surface area contributed by atoms with Gasteiger partial charge in [-0.15, -0.1) is 24.0 Å². The number of aliphatic imine (C=N–C) groups is 1. The van der Waals surface area contributed by atoms with Gasteiger partial charge in [0.05, 0.1) is 12.3 Å². The van der Waals surface area contributed by atoms with Crippen molar-refractivity contribution in [1.29, 1.82) is 0 Å². The predicted octanol–water partition coefficient (Wildman–Crippen LogP) is 3.50. The minimum atomic E-state index is 0. The van der Waals surface area contributed by atoms with Crippen molar-refractivity contribution in [2.24, 2.45) is 4.99 Å². The van der Waals surface area contributed by atoms with Gasteiger partial charge in [0.2, 0.25) is 5.89 Å². The van der Waals surface area contributed by atoms with Crippen molar-refractivity contribution in [3.63, 3.8) is 0 Å². The monoisotopic (exact) mass is 470 g/mol. The Bertz CT molecular complexity index is 694. The molecule has 142 valence electrons. The fraction of sp³-hybridized carbons (Fsp3) is 0.474. The van der Waals surface area contributed by atoms with Crippen molar-refractivity contribution >= 4 is 29.9 Å². The third-order valence-electron chi connectivity index (χ3n) is 4.13. The summed E-state index contributed by atoms with van der Waals surface area (Å²) in [7, 11) is 0. The molecule has 1 saturated heterocycles. The van der Waals surface area contributed by atoms with Crippen LogP contribution in [0.15, 0.2) is 39.9 Å². The summed E-state index contributed by atoms with van der Waals surface area (Å²) < 4.78 is 11.4. The Hall–Kier alpha value is -1.61. The van der Waals surface area contributed by atoms with Gasteiger partial charge in [0, 0.05) is 25.3 Å². The van der Waals surface area contributed by atoms with Crippen LogP contribution in [0.3, 0.4) is 0 Å². The van der Waals surface area contributed by atoms with Crippen molar-refractivity contribution in [2.75, 3.05) is 19.7 Å². The van der Waals surface area contributed by atoms with Gasteiger partial charge in [-0.05, 0) is 26.7 Å². The molecule has 6 nitrogen and oxygen atoms in total. The van der Waals surface area contributed by atoms with Crippen LogP contribution in [0.4, 0.5) is 0 Å². The molecule has 0 saturated carbocycles. The number of halogens is 1. The highest BCUT2D eigenvalue weighted by molar-refractivity contribution is 14.0. The molecule has 2 N–H and O–H groups in total. The van der Waals surface area contributed by atoms with Crippen molar-refractivity contribution in [3.05, 3.63) is 41.9 Å². The summed E-state index contributed by atoms with van der Waals surface area (Å²) in [6, 6.07) is 8.20. The summed E-state index contributed by atoms with van der Waals surface area (Å²) in [6.45, 7) is 6.94. The minimum Gasteiger partial charge on any atom is -0.439 e. The lowest BCUT2D eigenvalue weighted by molar-refractivity contribution is 0.114. The first kappa shape index (κ1) is 20.7. The molecular weight excluding hydrogens is 443 g/mol. The number of nitrogens with one attached hydrogen (secondary N) is 2. The number of ether oxygens (including phenoxy) is 1. The molecule has 2 aromatic rings. The van der Waals surface area contributed by atoms with Crippen LogP contribution < -0.4 is 10.6 Å². The van der Waals surface area contributed by atoms with Gasteiger partial charge in [-0.1, -0.05) is 29.8 Å². The van der Waals surface area contributed by atoms with Gasteiger partial charge in [-0.2, -0.15) is 0 Å². The lowest BCUT2D eigenvalue weighted by Crippen LogP contribution is -2.41. The molecule has 1 fully saturated rings. The van der Waals surface area contributed by atoms with Crippen LogP contribution >= 0.6 is 24.0 Å². The maximum absolute atomic E-state index is 5.82. The summed E-state index contributed by atoms with van der Waals surface area (Å²) in [6.07, 6.45) is 4.27. The number of hydrogen-bond acceptors (Lipinski definition) is 4. The molecule has 1 unspecified atom stereocenters. The smallest absolute Gasteiger partial charge is 0.216 e. The standard InChI is InChI=1S/C19H26N4O2.HI/c1-3-20-19(22-11-16-5-4-10-24-16)23-13-18-21-12-17(25-18)15-8-6-14(2)7-9-15;/h6-9,12,16H,3-5,10-11,13H2,1-2H3,(H2,20,22,23);1H. The number of guanidine groups is 1. The Morgan fingerprint density at radius 3 is 2.77 bits per heavy atom. The quantitative estimate of drug-likeness (QED) is 0.384. The topological polar surface area (TPSA) is 71.7 Å². The fourth-order valence-corrected chi connectivity index (χ4v) is 2.74. The fourth-order valence-electron chi connectivity index (χ4n) is 2.74. The lowest BCUT2D eigenvalue weighted by atomic mass is 10.1. The van der Waals surface area contributed by atoms with Gasteiger partial charge in [0.25, 0.3) is 0 Å². The van der Waals surface area contributed by atoms with Gasteiger partial charge in [0.15, 0.2) is 11.7 Å². The van der Waals surface area contributed by atoms with E-state index < -0.39 is 0 Å². The summed E-state index contributed by atoms with van der Waals surface area (Å²) in [4.78, 5) is 8.88. The second-order valence-corrected chi connectivity index (χ2v) is 6.20. The SMILES string of the molecule is CCNC(=NCc1ncc(-c2ccc(C)cc2)o1)NCC1CCCO1.I. The first-order chi connectivity index (χ1) is 12.2. The zero-order valence-electron chi connectivity index (χ0n) is 15.3. The number of rotatable bonds is 6. The zero-order chi connectivity index (χ0) is 17.5.